The van der Waals surface area contributed by atoms with Gasteiger partial charge in [0.05, 0.1) is 23.6 Å². The van der Waals surface area contributed by atoms with Gasteiger partial charge < -0.3 is 0 Å². The fourth-order valence-corrected chi connectivity index (χ4v) is 2.03. The maximum Gasteiger partial charge on any atom is 0.184 e. The van der Waals surface area contributed by atoms with Crippen LogP contribution in [0.3, 0.4) is 0 Å². The number of anilines is 1. The van der Waals surface area contributed by atoms with Crippen LogP contribution < -0.4 is 4.90 Å². The summed E-state index contributed by atoms with van der Waals surface area (Å²) < 4.78 is 1.80. The standard InChI is InChI=1S/C13H14ClN5/c1-3-19-13(10(2)16-17-19)8-18(9-15)12-6-4-5-11(14)7-12/h4-7H,3,8H2,1-2H3. The Labute approximate surface area is 117 Å². The maximum absolute atomic E-state index is 9.31. The predicted octanol–water partition coefficient (Wildman–Crippen LogP) is 2.75. The van der Waals surface area contributed by atoms with Gasteiger partial charge >= 0.3 is 0 Å². The Kier molecular flexibility index (Phi) is 4.03. The molecule has 19 heavy (non-hydrogen) atoms. The van der Waals surface area contributed by atoms with E-state index in [9.17, 15) is 5.26 Å². The molecule has 6 heteroatoms. The molecule has 0 radical (unpaired) electrons. The maximum atomic E-state index is 9.31. The van der Waals surface area contributed by atoms with Crippen molar-refractivity contribution in [3.8, 4) is 6.19 Å². The van der Waals surface area contributed by atoms with Crippen LogP contribution >= 0.6 is 11.6 Å². The van der Waals surface area contributed by atoms with Crippen molar-refractivity contribution in [3.05, 3.63) is 40.7 Å². The van der Waals surface area contributed by atoms with Crippen molar-refractivity contribution < 1.29 is 0 Å². The molecule has 0 bridgehead atoms. The highest BCUT2D eigenvalue weighted by Gasteiger charge is 2.14. The third-order valence-electron chi connectivity index (χ3n) is 2.88. The minimum atomic E-state index is 0.434. The Balaban J connectivity index is 2.30. The van der Waals surface area contributed by atoms with Crippen molar-refractivity contribution in [1.82, 2.24) is 15.0 Å². The lowest BCUT2D eigenvalue weighted by atomic mass is 10.2. The molecule has 0 atom stereocenters. The summed E-state index contributed by atoms with van der Waals surface area (Å²) in [7, 11) is 0. The fraction of sp³-hybridized carbons (Fsp3) is 0.308. The van der Waals surface area contributed by atoms with E-state index in [1.165, 1.54) is 0 Å². The Morgan fingerprint density at radius 1 is 1.47 bits per heavy atom. The van der Waals surface area contributed by atoms with Crippen molar-refractivity contribution in [2.75, 3.05) is 4.90 Å². The van der Waals surface area contributed by atoms with Gasteiger partial charge in [-0.25, -0.2) is 4.68 Å². The number of aryl methyl sites for hydroxylation is 2. The van der Waals surface area contributed by atoms with Crippen LogP contribution in [0.25, 0.3) is 0 Å². The Bertz CT molecular complexity index is 614. The minimum absolute atomic E-state index is 0.434. The summed E-state index contributed by atoms with van der Waals surface area (Å²) in [5.41, 5.74) is 2.53. The average Bonchev–Trinajstić information content (AvgIpc) is 2.76. The van der Waals surface area contributed by atoms with E-state index in [0.717, 1.165) is 23.6 Å². The zero-order valence-electron chi connectivity index (χ0n) is 10.8. The van der Waals surface area contributed by atoms with E-state index in [2.05, 4.69) is 16.5 Å². The highest BCUT2D eigenvalue weighted by molar-refractivity contribution is 6.30. The molecule has 0 unspecified atom stereocenters. The molecule has 2 aromatic rings. The zero-order chi connectivity index (χ0) is 13.8. The van der Waals surface area contributed by atoms with E-state index in [-0.39, 0.29) is 0 Å². The van der Waals surface area contributed by atoms with E-state index in [1.54, 1.807) is 21.7 Å². The van der Waals surface area contributed by atoms with Crippen LogP contribution in [0.15, 0.2) is 24.3 Å². The largest absolute Gasteiger partial charge is 0.273 e. The molecule has 0 aliphatic heterocycles. The first-order valence-electron chi connectivity index (χ1n) is 5.97. The number of nitriles is 1. The quantitative estimate of drug-likeness (QED) is 0.636. The molecule has 1 aromatic heterocycles. The van der Waals surface area contributed by atoms with Gasteiger partial charge in [-0.3, -0.25) is 4.90 Å². The molecule has 0 saturated carbocycles. The van der Waals surface area contributed by atoms with Crippen molar-refractivity contribution in [2.24, 2.45) is 0 Å². The average molecular weight is 276 g/mol. The van der Waals surface area contributed by atoms with Crippen LogP contribution in [0, 0.1) is 18.4 Å². The Morgan fingerprint density at radius 3 is 2.89 bits per heavy atom. The summed E-state index contributed by atoms with van der Waals surface area (Å²) in [6.07, 6.45) is 2.17. The van der Waals surface area contributed by atoms with Crippen LogP contribution in [-0.4, -0.2) is 15.0 Å². The van der Waals surface area contributed by atoms with Gasteiger partial charge in [0.25, 0.3) is 0 Å². The second-order valence-corrected chi connectivity index (χ2v) is 4.54. The molecular formula is C13H14ClN5. The highest BCUT2D eigenvalue weighted by Crippen LogP contribution is 2.21. The van der Waals surface area contributed by atoms with Crippen molar-refractivity contribution in [2.45, 2.75) is 26.9 Å². The zero-order valence-corrected chi connectivity index (χ0v) is 11.6. The molecule has 0 amide bonds. The van der Waals surface area contributed by atoms with Crippen molar-refractivity contribution in [3.63, 3.8) is 0 Å². The first-order chi connectivity index (χ1) is 9.15. The number of rotatable bonds is 4. The molecule has 0 saturated heterocycles. The number of hydrogen-bond donors (Lipinski definition) is 0. The lowest BCUT2D eigenvalue weighted by molar-refractivity contribution is 0.596. The van der Waals surface area contributed by atoms with E-state index in [1.807, 2.05) is 26.0 Å². The van der Waals surface area contributed by atoms with Gasteiger partial charge in [-0.15, -0.1) is 5.10 Å². The van der Waals surface area contributed by atoms with Crippen molar-refractivity contribution in [1.29, 1.82) is 5.26 Å². The number of nitrogens with zero attached hydrogens (tertiary/aromatic N) is 5. The van der Waals surface area contributed by atoms with Crippen LogP contribution in [-0.2, 0) is 13.1 Å². The minimum Gasteiger partial charge on any atom is -0.273 e. The van der Waals surface area contributed by atoms with E-state index >= 15 is 0 Å². The highest BCUT2D eigenvalue weighted by atomic mass is 35.5. The number of benzene rings is 1. The van der Waals surface area contributed by atoms with Crippen LogP contribution in [0.4, 0.5) is 5.69 Å². The van der Waals surface area contributed by atoms with Gasteiger partial charge in [0.1, 0.15) is 0 Å². The summed E-state index contributed by atoms with van der Waals surface area (Å²) in [6, 6.07) is 7.22. The van der Waals surface area contributed by atoms with Gasteiger partial charge in [0, 0.05) is 11.6 Å². The van der Waals surface area contributed by atoms with E-state index in [4.69, 9.17) is 11.6 Å². The molecule has 1 heterocycles. The SMILES string of the molecule is CCn1nnc(C)c1CN(C#N)c1cccc(Cl)c1. The Morgan fingerprint density at radius 2 is 2.26 bits per heavy atom. The van der Waals surface area contributed by atoms with E-state index in [0.29, 0.717) is 11.6 Å². The number of halogens is 1. The molecule has 0 aliphatic carbocycles. The predicted molar refractivity (Wildman–Crippen MR) is 73.7 cm³/mol. The number of aromatic nitrogens is 3. The molecule has 5 nitrogen and oxygen atoms in total. The van der Waals surface area contributed by atoms with Crippen LogP contribution in [0.1, 0.15) is 18.3 Å². The van der Waals surface area contributed by atoms with Gasteiger partial charge in [-0.2, -0.15) is 5.26 Å². The topological polar surface area (TPSA) is 57.7 Å². The lowest BCUT2D eigenvalue weighted by Crippen LogP contribution is -2.19. The van der Waals surface area contributed by atoms with E-state index < -0.39 is 0 Å². The second kappa shape index (κ2) is 5.72. The van der Waals surface area contributed by atoms with Crippen LogP contribution in [0.2, 0.25) is 5.02 Å². The summed E-state index contributed by atoms with van der Waals surface area (Å²) in [6.45, 7) is 5.05. The first kappa shape index (κ1) is 13.4. The molecule has 0 spiro atoms. The summed E-state index contributed by atoms with van der Waals surface area (Å²) >= 11 is 5.95. The molecule has 0 aliphatic rings. The van der Waals surface area contributed by atoms with Crippen molar-refractivity contribution >= 4 is 17.3 Å². The summed E-state index contributed by atoms with van der Waals surface area (Å²) in [4.78, 5) is 1.57. The first-order valence-corrected chi connectivity index (χ1v) is 6.35. The summed E-state index contributed by atoms with van der Waals surface area (Å²) in [5, 5.41) is 18.0. The normalized spacial score (nSPS) is 10.2. The number of hydrogen-bond acceptors (Lipinski definition) is 4. The fourth-order valence-electron chi connectivity index (χ4n) is 1.85. The Hall–Kier alpha value is -2.06. The van der Waals surface area contributed by atoms with Gasteiger partial charge in [0.2, 0.25) is 0 Å². The molecule has 98 valence electrons. The van der Waals surface area contributed by atoms with Gasteiger partial charge in [0.15, 0.2) is 6.19 Å². The monoisotopic (exact) mass is 275 g/mol. The molecular weight excluding hydrogens is 262 g/mol. The lowest BCUT2D eigenvalue weighted by Gasteiger charge is -2.16. The smallest absolute Gasteiger partial charge is 0.184 e. The molecule has 0 fully saturated rings. The summed E-state index contributed by atoms with van der Waals surface area (Å²) in [5.74, 6) is 0. The van der Waals surface area contributed by atoms with Crippen LogP contribution in [0.5, 0.6) is 0 Å². The molecule has 0 N–H and O–H groups in total. The van der Waals surface area contributed by atoms with Gasteiger partial charge in [-0.05, 0) is 32.0 Å². The molecule has 2 rings (SSSR count). The van der Waals surface area contributed by atoms with Gasteiger partial charge in [-0.1, -0.05) is 22.9 Å². The third-order valence-corrected chi connectivity index (χ3v) is 3.11. The third kappa shape index (κ3) is 2.85. The molecule has 1 aromatic carbocycles. The second-order valence-electron chi connectivity index (χ2n) is 4.10.